The molecule has 0 heterocycles. The molecule has 0 saturated heterocycles. The van der Waals surface area contributed by atoms with Crippen molar-refractivity contribution in [1.82, 2.24) is 0 Å². The van der Waals surface area contributed by atoms with Gasteiger partial charge in [-0.2, -0.15) is 0 Å². The third-order valence-corrected chi connectivity index (χ3v) is 15.6. The van der Waals surface area contributed by atoms with Crippen LogP contribution in [0.15, 0.2) is 48.5 Å². The largest absolute Gasteiger partial charge is 2.00 e. The number of carbonyl (C=O) groups is 4. The van der Waals surface area contributed by atoms with E-state index < -0.39 is 55.0 Å². The quantitative estimate of drug-likeness (QED) is 0.0198. The van der Waals surface area contributed by atoms with Crippen molar-refractivity contribution in [2.75, 3.05) is 13.2 Å². The van der Waals surface area contributed by atoms with Gasteiger partial charge in [-0.15, -0.1) is 0 Å². The molecule has 0 N–H and O–H groups in total. The van der Waals surface area contributed by atoms with E-state index in [1.807, 2.05) is 0 Å². The molecule has 0 aliphatic rings. The molecular weight excluding hydrogens is 1050 g/mol. The van der Waals surface area contributed by atoms with Crippen molar-refractivity contribution in [1.29, 1.82) is 0 Å². The molecule has 0 radical (unpaired) electrons. The molecule has 14 nitrogen and oxygen atoms in total. The third-order valence-electron chi connectivity index (χ3n) is 13.5. The van der Waals surface area contributed by atoms with Gasteiger partial charge in [-0.1, -0.05) is 257 Å². The number of carbonyl (C=O) groups excluding carboxylic acids is 4. The first-order chi connectivity index (χ1) is 36.6. The summed E-state index contributed by atoms with van der Waals surface area (Å²) in [6, 6.07) is 11.7. The Morgan fingerprint density at radius 1 is 0.351 bits per heavy atom. The van der Waals surface area contributed by atoms with Crippen LogP contribution in [0.2, 0.25) is 0 Å². The number of unbranched alkanes of at least 4 members (excludes halogenated alkanes) is 32. The second-order valence-electron chi connectivity index (χ2n) is 20.1. The number of ether oxygens (including phenoxy) is 4. The number of esters is 4. The van der Waals surface area contributed by atoms with Gasteiger partial charge in [-0.3, -0.25) is 0 Å². The molecule has 0 fully saturated rings. The molecule has 0 aliphatic carbocycles. The van der Waals surface area contributed by atoms with Gasteiger partial charge in [0.2, 0.25) is 0 Å². The summed E-state index contributed by atoms with van der Waals surface area (Å²) in [5, 5.41) is 0. The summed E-state index contributed by atoms with van der Waals surface area (Å²) < 4.78 is 87.6. The Bertz CT molecular complexity index is 1920. The summed E-state index contributed by atoms with van der Waals surface area (Å²) in [6.07, 6.45) is 42.8. The van der Waals surface area contributed by atoms with Crippen LogP contribution >= 0.6 is 0 Å². The first-order valence-electron chi connectivity index (χ1n) is 29.5. The molecule has 0 spiro atoms. The molecule has 2 unspecified atom stereocenters. The van der Waals surface area contributed by atoms with Crippen LogP contribution in [0.5, 0.6) is 0 Å². The maximum Gasteiger partial charge on any atom is 2.00 e. The number of rotatable bonds is 46. The topological polar surface area (TPSA) is 220 Å². The fourth-order valence-corrected chi connectivity index (χ4v) is 10.1. The fraction of sp³-hybridized carbons (Fsp3) is 0.733. The zero-order valence-corrected chi connectivity index (χ0v) is 51.7. The summed E-state index contributed by atoms with van der Waals surface area (Å²) in [7, 11) is -9.60. The van der Waals surface area contributed by atoms with Gasteiger partial charge in [0, 0.05) is 0 Å². The van der Waals surface area contributed by atoms with Crippen molar-refractivity contribution in [2.24, 2.45) is 0 Å². The molecule has 0 saturated carbocycles. The maximum absolute atomic E-state index is 12.5. The van der Waals surface area contributed by atoms with Crippen molar-refractivity contribution in [2.45, 2.75) is 270 Å². The monoisotopic (exact) mass is 1150 g/mol. The molecule has 2 aromatic carbocycles. The van der Waals surface area contributed by atoms with Crippen molar-refractivity contribution in [3.05, 3.63) is 70.8 Å². The molecule has 2 atom stereocenters. The first-order valence-corrected chi connectivity index (χ1v) is 32.4. The normalized spacial score (nSPS) is 12.1. The van der Waals surface area contributed by atoms with E-state index in [1.54, 1.807) is 12.1 Å². The Kier molecular flexibility index (Phi) is 46.5. The van der Waals surface area contributed by atoms with Crippen molar-refractivity contribution >= 4 is 81.9 Å². The molecule has 17 heteroatoms. The van der Waals surface area contributed by atoms with Crippen molar-refractivity contribution in [3.8, 4) is 0 Å². The number of hydrogen-bond acceptors (Lipinski definition) is 14. The van der Waals surface area contributed by atoms with Gasteiger partial charge >= 0.3 is 61.6 Å². The van der Waals surface area contributed by atoms with Crippen LogP contribution in [0, 0.1) is 0 Å². The summed E-state index contributed by atoms with van der Waals surface area (Å²) in [5.74, 6) is -3.43. The Morgan fingerprint density at radius 3 is 0.740 bits per heavy atom. The minimum Gasteiger partial charge on any atom is -0.745 e. The van der Waals surface area contributed by atoms with Crippen LogP contribution in [0.1, 0.15) is 300 Å². The second-order valence-corrected chi connectivity index (χ2v) is 23.2. The molecule has 436 valence electrons. The van der Waals surface area contributed by atoms with E-state index in [0.29, 0.717) is 0 Å². The summed E-state index contributed by atoms with van der Waals surface area (Å²) in [4.78, 5) is 49.8. The van der Waals surface area contributed by atoms with E-state index in [2.05, 4.69) is 13.8 Å². The Balaban J connectivity index is 0.00000148. The van der Waals surface area contributed by atoms with Gasteiger partial charge in [0.05, 0.1) is 35.5 Å². The zero-order chi connectivity index (χ0) is 56.1. The molecule has 2 rings (SSSR count). The third kappa shape index (κ3) is 37.9. The van der Waals surface area contributed by atoms with Crippen LogP contribution in [0.4, 0.5) is 0 Å². The van der Waals surface area contributed by atoms with Gasteiger partial charge < -0.3 is 28.1 Å². The summed E-state index contributed by atoms with van der Waals surface area (Å²) in [5.41, 5.74) is -3.86. The molecular formula is C60H98CaO14S2. The van der Waals surface area contributed by atoms with E-state index in [-0.39, 0.29) is 86.0 Å². The van der Waals surface area contributed by atoms with Crippen molar-refractivity contribution < 1.29 is 64.1 Å². The zero-order valence-electron chi connectivity index (χ0n) is 47.9. The van der Waals surface area contributed by atoms with Crippen molar-refractivity contribution in [3.63, 3.8) is 0 Å². The minimum atomic E-state index is -4.80. The van der Waals surface area contributed by atoms with E-state index >= 15 is 0 Å². The van der Waals surface area contributed by atoms with Gasteiger partial charge in [-0.25, -0.2) is 36.0 Å². The predicted molar refractivity (Wildman–Crippen MR) is 306 cm³/mol. The Hall–Kier alpha value is -2.60. The van der Waals surface area contributed by atoms with Crippen LogP contribution in [0.25, 0.3) is 0 Å². The maximum atomic E-state index is 12.5. The van der Waals surface area contributed by atoms with Crippen LogP contribution in [-0.2, 0) is 39.2 Å². The van der Waals surface area contributed by atoms with Gasteiger partial charge in [0.25, 0.3) is 0 Å². The standard InChI is InChI=1S/2C30H50O7S.Ca/c2*1-3-5-6-7-8-9-10-11-12-13-14-15-16-17-18-19-22-25-36-29(31)26-23-20-21-24-27(26)30(32)37-28(4-2)38(33,34)35;/h2*20-21,23-24,28H,3-19,22,25H2,1-2H3,(H,33,34,35);/q;;+2/p-2. The number of benzene rings is 2. The molecule has 0 amide bonds. The molecule has 77 heavy (non-hydrogen) atoms. The minimum absolute atomic E-state index is 0. The van der Waals surface area contributed by atoms with E-state index in [1.165, 1.54) is 230 Å². The second kappa shape index (κ2) is 48.1. The van der Waals surface area contributed by atoms with Gasteiger partial charge in [0.1, 0.15) is 20.2 Å². The molecule has 0 aromatic heterocycles. The summed E-state index contributed by atoms with van der Waals surface area (Å²) in [6.45, 7) is 7.85. The Morgan fingerprint density at radius 2 is 0.545 bits per heavy atom. The predicted octanol–water partition coefficient (Wildman–Crippen LogP) is 15.5. The smallest absolute Gasteiger partial charge is 0.745 e. The van der Waals surface area contributed by atoms with Crippen LogP contribution in [-0.4, -0.2) is 112 Å². The summed E-state index contributed by atoms with van der Waals surface area (Å²) >= 11 is 0. The van der Waals surface area contributed by atoms with Gasteiger partial charge in [-0.05, 0) is 49.9 Å². The number of hydrogen-bond donors (Lipinski definition) is 0. The van der Waals surface area contributed by atoms with E-state index in [0.717, 1.165) is 38.5 Å². The van der Waals surface area contributed by atoms with E-state index in [9.17, 15) is 45.1 Å². The average molecular weight is 1150 g/mol. The van der Waals surface area contributed by atoms with Crippen LogP contribution in [0.3, 0.4) is 0 Å². The average Bonchev–Trinajstić information content (AvgIpc) is 3.40. The van der Waals surface area contributed by atoms with Crippen LogP contribution < -0.4 is 0 Å². The molecule has 0 aliphatic heterocycles. The molecule has 2 aromatic rings. The molecule has 0 bridgehead atoms. The first kappa shape index (κ1) is 74.4. The fourth-order valence-electron chi connectivity index (χ4n) is 8.88. The Labute approximate surface area is 495 Å². The van der Waals surface area contributed by atoms with Gasteiger partial charge in [0.15, 0.2) is 10.9 Å². The van der Waals surface area contributed by atoms with E-state index in [4.69, 9.17) is 18.9 Å². The SMILES string of the molecule is CCCCCCCCCCCCCCCCCCCOC(=O)c1ccccc1C(=O)OC(CC)S(=O)(=O)[O-].CCCCCCCCCCCCCCCCCCCOC(=O)c1ccccc1C(=O)OC(CC)S(=O)(=O)[O-].[Ca+2].